The Bertz CT molecular complexity index is 877. The van der Waals surface area contributed by atoms with Gasteiger partial charge in [0.15, 0.2) is 5.15 Å². The highest BCUT2D eigenvalue weighted by atomic mass is 35.5. The predicted octanol–water partition coefficient (Wildman–Crippen LogP) is 4.86. The number of nitrogens with one attached hydrogen (secondary N) is 1. The molecule has 2 aromatic rings. The Labute approximate surface area is 182 Å². The number of anilines is 1. The second kappa shape index (κ2) is 9.51. The fourth-order valence-corrected chi connectivity index (χ4v) is 3.53. The van der Waals surface area contributed by atoms with E-state index < -0.39 is 5.60 Å². The lowest BCUT2D eigenvalue weighted by Gasteiger charge is -2.33. The van der Waals surface area contributed by atoms with E-state index in [1.165, 1.54) is 0 Å². The third kappa shape index (κ3) is 5.98. The summed E-state index contributed by atoms with van der Waals surface area (Å²) in [5, 5.41) is 12.1. The van der Waals surface area contributed by atoms with E-state index in [9.17, 15) is 4.79 Å². The molecule has 0 saturated carbocycles. The van der Waals surface area contributed by atoms with Gasteiger partial charge >= 0.3 is 6.09 Å². The first-order chi connectivity index (χ1) is 14.2. The molecule has 1 aliphatic heterocycles. The second-order valence-corrected chi connectivity index (χ2v) is 8.84. The molecule has 0 radical (unpaired) electrons. The van der Waals surface area contributed by atoms with Crippen molar-refractivity contribution < 1.29 is 14.3 Å². The summed E-state index contributed by atoms with van der Waals surface area (Å²) >= 11 is 6.09. The number of piperidine rings is 1. The summed E-state index contributed by atoms with van der Waals surface area (Å²) < 4.78 is 10.8. The lowest BCUT2D eigenvalue weighted by atomic mass is 9.97. The van der Waals surface area contributed by atoms with E-state index in [1.54, 1.807) is 18.1 Å². The highest BCUT2D eigenvalue weighted by Gasteiger charge is 2.27. The zero-order valence-electron chi connectivity index (χ0n) is 17.9. The average molecular weight is 433 g/mol. The van der Waals surface area contributed by atoms with Gasteiger partial charge < -0.3 is 19.7 Å². The van der Waals surface area contributed by atoms with Crippen molar-refractivity contribution >= 4 is 23.4 Å². The molecule has 1 aromatic heterocycles. The van der Waals surface area contributed by atoms with Gasteiger partial charge in [-0.25, -0.2) is 4.79 Å². The summed E-state index contributed by atoms with van der Waals surface area (Å²) in [5.74, 6) is 1.19. The number of ether oxygens (including phenoxy) is 2. The zero-order chi connectivity index (χ0) is 21.7. The van der Waals surface area contributed by atoms with Crippen molar-refractivity contribution in [3.05, 3.63) is 35.5 Å². The minimum absolute atomic E-state index is 0.237. The number of nitrogens with zero attached hydrogens (tertiary/aromatic N) is 3. The first-order valence-electron chi connectivity index (χ1n) is 10.1. The summed E-state index contributed by atoms with van der Waals surface area (Å²) in [4.78, 5) is 14.0. The van der Waals surface area contributed by atoms with Crippen molar-refractivity contribution in [1.29, 1.82) is 0 Å². The van der Waals surface area contributed by atoms with Gasteiger partial charge in [-0.1, -0.05) is 23.7 Å². The Kier molecular flexibility index (Phi) is 7.02. The van der Waals surface area contributed by atoms with Gasteiger partial charge in [0.1, 0.15) is 17.0 Å². The van der Waals surface area contributed by atoms with Crippen LogP contribution in [0.3, 0.4) is 0 Å². The highest BCUT2D eigenvalue weighted by molar-refractivity contribution is 6.29. The van der Waals surface area contributed by atoms with E-state index in [-0.39, 0.29) is 6.09 Å². The summed E-state index contributed by atoms with van der Waals surface area (Å²) in [6.45, 7) is 7.81. The van der Waals surface area contributed by atoms with Crippen LogP contribution in [0.2, 0.25) is 5.15 Å². The number of aromatic nitrogens is 2. The molecule has 0 atom stereocenters. The van der Waals surface area contributed by atoms with Crippen molar-refractivity contribution in [3.63, 3.8) is 0 Å². The molecule has 1 aliphatic rings. The SMILES string of the molecule is COc1cccc(-c2nnc(Cl)cc2NCC2CCN(C(=O)OC(C)(C)C)CC2)c1. The maximum absolute atomic E-state index is 12.2. The fourth-order valence-electron chi connectivity index (χ4n) is 3.39. The summed E-state index contributed by atoms with van der Waals surface area (Å²) in [5.41, 5.74) is 1.99. The smallest absolute Gasteiger partial charge is 0.410 e. The molecular formula is C22H29ClN4O3. The molecule has 0 bridgehead atoms. The molecule has 7 nitrogen and oxygen atoms in total. The molecule has 0 aliphatic carbocycles. The van der Waals surface area contributed by atoms with Crippen molar-refractivity contribution in [3.8, 4) is 17.0 Å². The molecule has 1 N–H and O–H groups in total. The first-order valence-corrected chi connectivity index (χ1v) is 10.5. The van der Waals surface area contributed by atoms with E-state index in [0.717, 1.165) is 42.1 Å². The molecule has 8 heteroatoms. The van der Waals surface area contributed by atoms with Crippen molar-refractivity contribution in [2.24, 2.45) is 5.92 Å². The van der Waals surface area contributed by atoms with Crippen molar-refractivity contribution in [2.45, 2.75) is 39.2 Å². The summed E-state index contributed by atoms with van der Waals surface area (Å²) in [6.07, 6.45) is 1.58. The monoisotopic (exact) mass is 432 g/mol. The molecule has 1 amide bonds. The molecule has 0 unspecified atom stereocenters. The Morgan fingerprint density at radius 3 is 2.63 bits per heavy atom. The summed E-state index contributed by atoms with van der Waals surface area (Å²) in [7, 11) is 1.63. The van der Waals surface area contributed by atoms with Gasteiger partial charge in [0.25, 0.3) is 0 Å². The van der Waals surface area contributed by atoms with Gasteiger partial charge in [0, 0.05) is 31.3 Å². The Morgan fingerprint density at radius 1 is 1.23 bits per heavy atom. The third-order valence-electron chi connectivity index (χ3n) is 4.95. The van der Waals surface area contributed by atoms with Gasteiger partial charge in [-0.15, -0.1) is 10.2 Å². The minimum Gasteiger partial charge on any atom is -0.497 e. The zero-order valence-corrected chi connectivity index (χ0v) is 18.7. The molecule has 1 saturated heterocycles. The largest absolute Gasteiger partial charge is 0.497 e. The predicted molar refractivity (Wildman–Crippen MR) is 118 cm³/mol. The number of carbonyl (C=O) groups is 1. The number of methoxy groups -OCH3 is 1. The van der Waals surface area contributed by atoms with Crippen LogP contribution < -0.4 is 10.1 Å². The molecule has 1 aromatic carbocycles. The van der Waals surface area contributed by atoms with Crippen LogP contribution in [0.5, 0.6) is 5.75 Å². The lowest BCUT2D eigenvalue weighted by Crippen LogP contribution is -2.42. The van der Waals surface area contributed by atoms with Gasteiger partial charge in [-0.3, -0.25) is 0 Å². The minimum atomic E-state index is -0.473. The highest BCUT2D eigenvalue weighted by Crippen LogP contribution is 2.30. The van der Waals surface area contributed by atoms with Gasteiger partial charge in [-0.05, 0) is 51.7 Å². The maximum atomic E-state index is 12.2. The van der Waals surface area contributed by atoms with E-state index in [0.29, 0.717) is 24.2 Å². The Morgan fingerprint density at radius 2 is 1.97 bits per heavy atom. The van der Waals surface area contributed by atoms with Gasteiger partial charge in [-0.2, -0.15) is 0 Å². The molecule has 1 fully saturated rings. The second-order valence-electron chi connectivity index (χ2n) is 8.45. The van der Waals surface area contributed by atoms with Crippen LogP contribution in [0.15, 0.2) is 30.3 Å². The average Bonchev–Trinajstić information content (AvgIpc) is 2.71. The van der Waals surface area contributed by atoms with Crippen molar-refractivity contribution in [1.82, 2.24) is 15.1 Å². The van der Waals surface area contributed by atoms with Crippen LogP contribution in [-0.4, -0.2) is 53.5 Å². The number of likely N-dealkylation sites (tertiary alicyclic amines) is 1. The van der Waals surface area contributed by atoms with E-state index in [1.807, 2.05) is 45.0 Å². The van der Waals surface area contributed by atoms with Crippen LogP contribution in [0, 0.1) is 5.92 Å². The van der Waals surface area contributed by atoms with E-state index in [2.05, 4.69) is 15.5 Å². The van der Waals surface area contributed by atoms with E-state index >= 15 is 0 Å². The maximum Gasteiger partial charge on any atom is 0.410 e. The number of rotatable bonds is 5. The molecular weight excluding hydrogens is 404 g/mol. The molecule has 162 valence electrons. The third-order valence-corrected chi connectivity index (χ3v) is 5.14. The molecule has 30 heavy (non-hydrogen) atoms. The summed E-state index contributed by atoms with van der Waals surface area (Å²) in [6, 6.07) is 9.48. The van der Waals surface area contributed by atoms with Gasteiger partial charge in [0.2, 0.25) is 0 Å². The topological polar surface area (TPSA) is 76.6 Å². The van der Waals surface area contributed by atoms with Crippen LogP contribution >= 0.6 is 11.6 Å². The number of benzene rings is 1. The quantitative estimate of drug-likeness (QED) is 0.726. The van der Waals surface area contributed by atoms with Crippen LogP contribution in [0.25, 0.3) is 11.3 Å². The van der Waals surface area contributed by atoms with Crippen LogP contribution in [0.1, 0.15) is 33.6 Å². The number of amides is 1. The number of halogens is 1. The lowest BCUT2D eigenvalue weighted by molar-refractivity contribution is 0.0188. The van der Waals surface area contributed by atoms with Crippen LogP contribution in [-0.2, 0) is 4.74 Å². The number of carbonyl (C=O) groups excluding carboxylic acids is 1. The molecule has 2 heterocycles. The standard InChI is InChI=1S/C22H29ClN4O3/c1-22(2,3)30-21(28)27-10-8-15(9-11-27)14-24-18-13-19(23)25-26-20(18)16-6-5-7-17(12-16)29-4/h5-7,12-13,15H,8-11,14H2,1-4H3,(H,24,25). The fraction of sp³-hybridized carbons (Fsp3) is 0.500. The van der Waals surface area contributed by atoms with Crippen molar-refractivity contribution in [2.75, 3.05) is 32.1 Å². The normalized spacial score (nSPS) is 15.0. The molecule has 0 spiro atoms. The first kappa shape index (κ1) is 22.2. The van der Waals surface area contributed by atoms with Gasteiger partial charge in [0.05, 0.1) is 12.8 Å². The van der Waals surface area contributed by atoms with E-state index in [4.69, 9.17) is 21.1 Å². The number of hydrogen-bond acceptors (Lipinski definition) is 6. The molecule has 3 rings (SSSR count). The Balaban J connectivity index is 1.62. The Hall–Kier alpha value is -2.54. The number of hydrogen-bond donors (Lipinski definition) is 1. The van der Waals surface area contributed by atoms with Crippen LogP contribution in [0.4, 0.5) is 10.5 Å².